The first kappa shape index (κ1) is 8.06. The molecular weight excluding hydrogens is 292 g/mol. The van der Waals surface area contributed by atoms with Crippen molar-refractivity contribution in [2.24, 2.45) is 7.05 Å². The maximum Gasteiger partial charge on any atom is 0.212 e. The van der Waals surface area contributed by atoms with E-state index in [0.29, 0.717) is 16.8 Å². The molecule has 3 aromatic rings. The monoisotopic (exact) mass is 324 g/mol. The molecule has 1 aliphatic rings. The Morgan fingerprint density at radius 2 is 1.96 bits per heavy atom. The average Bonchev–Trinajstić information content (AvgIpc) is 3.04. The van der Waals surface area contributed by atoms with Crippen LogP contribution in [0, 0.1) is 27.5 Å². The van der Waals surface area contributed by atoms with Crippen molar-refractivity contribution in [3.05, 3.63) is 70.2 Å². The molecule has 0 N–H and O–H groups in total. The summed E-state index contributed by atoms with van der Waals surface area (Å²) in [5.41, 5.74) is 4.98. The van der Waals surface area contributed by atoms with E-state index < -0.39 is 20.6 Å². The van der Waals surface area contributed by atoms with Gasteiger partial charge in [0, 0.05) is 41.6 Å². The molecule has 0 fully saturated rings. The normalized spacial score (nSPS) is 19.3. The van der Waals surface area contributed by atoms with E-state index >= 15 is 0 Å². The number of pyridine rings is 2. The van der Waals surface area contributed by atoms with Crippen molar-refractivity contribution < 1.29 is 16.9 Å². The van der Waals surface area contributed by atoms with Crippen molar-refractivity contribution in [1.82, 2.24) is 4.98 Å². The van der Waals surface area contributed by atoms with E-state index in [1.165, 1.54) is 6.07 Å². The summed E-state index contributed by atoms with van der Waals surface area (Å²) in [7, 11) is 1.77. The van der Waals surface area contributed by atoms with Crippen LogP contribution in [0.25, 0.3) is 22.4 Å². The standard InChI is InChI=1S/C22H23N2/c1-13-6-9-20(24(5)12-13)22-14(2)7-8-17-18(22)11-19-21(17)15(3)10-16(4)23-19/h6-10,12H,11H2,1-5H3/q+1/i1D3,3D3,4D3. The fourth-order valence-electron chi connectivity index (χ4n) is 3.60. The van der Waals surface area contributed by atoms with Gasteiger partial charge in [0.05, 0.1) is 11.3 Å². The van der Waals surface area contributed by atoms with Crippen molar-refractivity contribution in [3.8, 4) is 22.4 Å². The summed E-state index contributed by atoms with van der Waals surface area (Å²) in [6.07, 6.45) is 1.86. The fraction of sp³-hybridized carbons (Fsp3) is 0.273. The van der Waals surface area contributed by atoms with Gasteiger partial charge in [0.15, 0.2) is 6.20 Å². The Kier molecular flexibility index (Phi) is 1.77. The molecule has 0 radical (unpaired) electrons. The van der Waals surface area contributed by atoms with Gasteiger partial charge in [-0.1, -0.05) is 12.1 Å². The molecule has 0 amide bonds. The molecule has 2 nitrogen and oxygen atoms in total. The number of nitrogens with zero attached hydrogens (tertiary/aromatic N) is 2. The van der Waals surface area contributed by atoms with Gasteiger partial charge in [-0.3, -0.25) is 4.98 Å². The van der Waals surface area contributed by atoms with Gasteiger partial charge >= 0.3 is 0 Å². The molecule has 2 heteroatoms. The number of aromatic nitrogens is 2. The molecule has 0 saturated heterocycles. The summed E-state index contributed by atoms with van der Waals surface area (Å²) in [6.45, 7) is -5.33. The Hall–Kier alpha value is -2.48. The molecule has 0 spiro atoms. The summed E-state index contributed by atoms with van der Waals surface area (Å²) < 4.78 is 72.0. The fourth-order valence-corrected chi connectivity index (χ4v) is 3.60. The lowest BCUT2D eigenvalue weighted by Gasteiger charge is -2.11. The van der Waals surface area contributed by atoms with E-state index in [2.05, 4.69) is 4.98 Å². The van der Waals surface area contributed by atoms with Crippen LogP contribution >= 0.6 is 0 Å². The zero-order valence-corrected chi connectivity index (χ0v) is 13.6. The molecule has 4 rings (SSSR count). The van der Waals surface area contributed by atoms with E-state index in [0.717, 1.165) is 22.4 Å². The highest BCUT2D eigenvalue weighted by Crippen LogP contribution is 2.43. The van der Waals surface area contributed by atoms with E-state index in [4.69, 9.17) is 12.3 Å². The number of benzene rings is 1. The predicted molar refractivity (Wildman–Crippen MR) is 98.0 cm³/mol. The third-order valence-corrected chi connectivity index (χ3v) is 4.62. The van der Waals surface area contributed by atoms with Gasteiger partial charge in [-0.15, -0.1) is 0 Å². The zero-order valence-electron chi connectivity index (χ0n) is 22.6. The second-order valence-electron chi connectivity index (χ2n) is 6.25. The molecule has 1 aromatic carbocycles. The van der Waals surface area contributed by atoms with Gasteiger partial charge in [0.2, 0.25) is 5.69 Å². The van der Waals surface area contributed by atoms with Crippen LogP contribution in [0.3, 0.4) is 0 Å². The third-order valence-electron chi connectivity index (χ3n) is 4.62. The summed E-state index contributed by atoms with van der Waals surface area (Å²) in [4.78, 5) is 4.35. The van der Waals surface area contributed by atoms with Gasteiger partial charge < -0.3 is 0 Å². The number of aryl methyl sites for hydroxylation is 5. The minimum absolute atomic E-state index is 0.0192. The molecule has 2 aromatic heterocycles. The largest absolute Gasteiger partial charge is 0.257 e. The lowest BCUT2D eigenvalue weighted by Crippen LogP contribution is -2.31. The Labute approximate surface area is 156 Å². The number of hydrogen-bond donors (Lipinski definition) is 0. The lowest BCUT2D eigenvalue weighted by molar-refractivity contribution is -0.660. The Bertz CT molecular complexity index is 1270. The quantitative estimate of drug-likeness (QED) is 0.475. The van der Waals surface area contributed by atoms with Crippen LogP contribution in [0.1, 0.15) is 46.0 Å². The minimum Gasteiger partial charge on any atom is -0.257 e. The highest BCUT2D eigenvalue weighted by Gasteiger charge is 2.28. The number of fused-ring (bicyclic) bond motifs is 3. The van der Waals surface area contributed by atoms with Gasteiger partial charge in [-0.25, -0.2) is 4.57 Å². The highest BCUT2D eigenvalue weighted by atomic mass is 14.9. The molecule has 1 aliphatic carbocycles. The van der Waals surface area contributed by atoms with Crippen molar-refractivity contribution in [2.75, 3.05) is 0 Å². The maximum absolute atomic E-state index is 8.02. The van der Waals surface area contributed by atoms with E-state index in [-0.39, 0.29) is 23.2 Å². The maximum atomic E-state index is 8.02. The Morgan fingerprint density at radius 1 is 1.04 bits per heavy atom. The number of hydrogen-bond acceptors (Lipinski definition) is 1. The van der Waals surface area contributed by atoms with Crippen molar-refractivity contribution in [2.45, 2.75) is 33.9 Å². The van der Waals surface area contributed by atoms with E-state index in [9.17, 15) is 0 Å². The molecule has 0 bridgehead atoms. The average molecular weight is 324 g/mol. The highest BCUT2D eigenvalue weighted by molar-refractivity contribution is 5.85. The molecule has 0 unspecified atom stereocenters. The van der Waals surface area contributed by atoms with Gasteiger partial charge in [0.25, 0.3) is 0 Å². The predicted octanol–water partition coefficient (Wildman–Crippen LogP) is 4.38. The van der Waals surface area contributed by atoms with Crippen LogP contribution < -0.4 is 4.57 Å². The van der Waals surface area contributed by atoms with Crippen molar-refractivity contribution in [3.63, 3.8) is 0 Å². The van der Waals surface area contributed by atoms with Crippen LogP contribution in [0.5, 0.6) is 0 Å². The summed E-state index contributed by atoms with van der Waals surface area (Å²) >= 11 is 0. The van der Waals surface area contributed by atoms with Crippen LogP contribution in [0.4, 0.5) is 0 Å². The molecule has 0 aliphatic heterocycles. The molecular formula is C22H23N2+. The first-order valence-electron chi connectivity index (χ1n) is 12.3. The molecule has 24 heavy (non-hydrogen) atoms. The lowest BCUT2D eigenvalue weighted by atomic mass is 9.93. The zero-order chi connectivity index (χ0) is 24.5. The van der Waals surface area contributed by atoms with Gasteiger partial charge in [0.1, 0.15) is 7.05 Å². The summed E-state index contributed by atoms with van der Waals surface area (Å²) in [5.74, 6) is 0. The van der Waals surface area contributed by atoms with Crippen LogP contribution in [-0.2, 0) is 13.5 Å². The summed E-state index contributed by atoms with van der Waals surface area (Å²) in [6, 6.07) is 8.24. The van der Waals surface area contributed by atoms with Crippen molar-refractivity contribution >= 4 is 0 Å². The second kappa shape index (κ2) is 5.27. The molecule has 120 valence electrons. The number of rotatable bonds is 1. The smallest absolute Gasteiger partial charge is 0.212 e. The Morgan fingerprint density at radius 3 is 2.71 bits per heavy atom. The second-order valence-corrected chi connectivity index (χ2v) is 6.25. The van der Waals surface area contributed by atoms with E-state index in [1.807, 2.05) is 19.1 Å². The van der Waals surface area contributed by atoms with Crippen molar-refractivity contribution in [1.29, 1.82) is 0 Å². The van der Waals surface area contributed by atoms with E-state index in [1.54, 1.807) is 29.9 Å². The topological polar surface area (TPSA) is 16.8 Å². The SMILES string of the molecule is [2H]C([2H])([2H])c1ccc(-c2c(C)ccc3c2Cc2nc(C([2H])([2H])[2H])cc(C([2H])([2H])[2H])c2-3)[n+](C)c1. The molecule has 0 atom stereocenters. The minimum atomic E-state index is -2.53. The van der Waals surface area contributed by atoms with Gasteiger partial charge in [-0.05, 0) is 61.9 Å². The summed E-state index contributed by atoms with van der Waals surface area (Å²) in [5, 5.41) is 0. The molecule has 0 saturated carbocycles. The first-order valence-corrected chi connectivity index (χ1v) is 7.77. The van der Waals surface area contributed by atoms with Crippen LogP contribution in [0.2, 0.25) is 0 Å². The van der Waals surface area contributed by atoms with Crippen LogP contribution in [0.15, 0.2) is 36.5 Å². The Balaban J connectivity index is 1.97. The third kappa shape index (κ3) is 2.17. The molecule has 2 heterocycles. The first-order chi connectivity index (χ1) is 15.1. The van der Waals surface area contributed by atoms with Gasteiger partial charge in [-0.2, -0.15) is 0 Å². The van der Waals surface area contributed by atoms with Crippen LogP contribution in [-0.4, -0.2) is 4.98 Å².